The van der Waals surface area contributed by atoms with E-state index in [-0.39, 0.29) is 0 Å². The maximum atomic E-state index is 10.5. The minimum absolute atomic E-state index is 0.368. The molecule has 0 saturated carbocycles. The molecule has 0 bridgehead atoms. The average molecular weight is 135 g/mol. The van der Waals surface area contributed by atoms with Gasteiger partial charge >= 0.3 is 0 Å². The molecule has 0 N–H and O–H groups in total. The van der Waals surface area contributed by atoms with Gasteiger partial charge in [-0.1, -0.05) is 0 Å². The molecule has 2 heterocycles. The fourth-order valence-corrected chi connectivity index (χ4v) is 0.749. The van der Waals surface area contributed by atoms with Crippen LogP contribution in [0.1, 0.15) is 0 Å². The van der Waals surface area contributed by atoms with Crippen molar-refractivity contribution in [3.8, 4) is 6.08 Å². The van der Waals surface area contributed by atoms with E-state index in [1.807, 2.05) is 0 Å². The van der Waals surface area contributed by atoms with Crippen molar-refractivity contribution in [1.82, 2.24) is 9.97 Å². The molecular weight excluding hydrogens is 132 g/mol. The summed E-state index contributed by atoms with van der Waals surface area (Å²) >= 11 is 0. The van der Waals surface area contributed by atoms with Gasteiger partial charge in [0.1, 0.15) is 0 Å². The Morgan fingerprint density at radius 2 is 2.40 bits per heavy atom. The smallest absolute Gasteiger partial charge is 0.168 e. The molecule has 4 heteroatoms. The van der Waals surface area contributed by atoms with Gasteiger partial charge in [0.05, 0.1) is 5.58 Å². The normalized spacial score (nSPS) is 10.4. The molecule has 0 aliphatic carbocycles. The highest BCUT2D eigenvalue weighted by atomic mass is 16.5. The van der Waals surface area contributed by atoms with Gasteiger partial charge < -0.3 is 9.52 Å². The minimum Gasteiger partial charge on any atom is -0.562 e. The van der Waals surface area contributed by atoms with Gasteiger partial charge in [-0.05, 0) is 12.1 Å². The van der Waals surface area contributed by atoms with E-state index in [0.29, 0.717) is 11.2 Å². The van der Waals surface area contributed by atoms with Crippen molar-refractivity contribution < 1.29 is 9.52 Å². The first kappa shape index (κ1) is 5.22. The third-order valence-electron chi connectivity index (χ3n) is 1.15. The van der Waals surface area contributed by atoms with E-state index >= 15 is 0 Å². The van der Waals surface area contributed by atoms with Crippen LogP contribution in [-0.2, 0) is 0 Å². The van der Waals surface area contributed by atoms with E-state index in [9.17, 15) is 5.11 Å². The molecule has 0 saturated heterocycles. The summed E-state index contributed by atoms with van der Waals surface area (Å²) in [5.41, 5.74) is 0.806. The molecule has 0 aromatic carbocycles. The molecule has 0 amide bonds. The third kappa shape index (κ3) is 0.621. The molecule has 0 spiro atoms. The molecular formula is C6H3N2O2-. The molecule has 2 rings (SSSR count). The first-order valence-electron chi connectivity index (χ1n) is 2.75. The summed E-state index contributed by atoms with van der Waals surface area (Å²) < 4.78 is 4.64. The SMILES string of the molecule is [O-]c1nc2ncccc2o1. The number of hydrogen-bond acceptors (Lipinski definition) is 4. The highest BCUT2D eigenvalue weighted by molar-refractivity contribution is 5.67. The van der Waals surface area contributed by atoms with Crippen molar-refractivity contribution in [3.63, 3.8) is 0 Å². The minimum atomic E-state index is -0.589. The zero-order valence-corrected chi connectivity index (χ0v) is 4.94. The molecule has 0 radical (unpaired) electrons. The Morgan fingerprint density at radius 3 is 3.20 bits per heavy atom. The van der Waals surface area contributed by atoms with Gasteiger partial charge in [-0.2, -0.15) is 0 Å². The summed E-state index contributed by atoms with van der Waals surface area (Å²) in [6.07, 6.45) is 0.971. The average Bonchev–Trinajstić information content (AvgIpc) is 2.27. The lowest BCUT2D eigenvalue weighted by molar-refractivity contribution is -0.299. The maximum absolute atomic E-state index is 10.5. The Kier molecular flexibility index (Phi) is 0.887. The van der Waals surface area contributed by atoms with Crippen LogP contribution in [0.4, 0.5) is 0 Å². The Hall–Kier alpha value is -1.58. The predicted molar refractivity (Wildman–Crippen MR) is 31.2 cm³/mol. The van der Waals surface area contributed by atoms with Crippen LogP contribution in [0.5, 0.6) is 6.08 Å². The Morgan fingerprint density at radius 1 is 1.50 bits per heavy atom. The fourth-order valence-electron chi connectivity index (χ4n) is 0.749. The summed E-state index contributed by atoms with van der Waals surface area (Å²) in [5.74, 6) is 0. The summed E-state index contributed by atoms with van der Waals surface area (Å²) in [6.45, 7) is 0. The number of pyridine rings is 1. The number of oxazole rings is 1. The lowest BCUT2D eigenvalue weighted by Gasteiger charge is -1.86. The van der Waals surface area contributed by atoms with Crippen LogP contribution >= 0.6 is 0 Å². The van der Waals surface area contributed by atoms with Gasteiger partial charge in [0.2, 0.25) is 0 Å². The van der Waals surface area contributed by atoms with E-state index in [2.05, 4.69) is 14.4 Å². The zero-order chi connectivity index (χ0) is 6.97. The highest BCUT2D eigenvalue weighted by Crippen LogP contribution is 2.13. The summed E-state index contributed by atoms with van der Waals surface area (Å²) in [7, 11) is 0. The van der Waals surface area contributed by atoms with Crippen molar-refractivity contribution >= 4 is 11.2 Å². The van der Waals surface area contributed by atoms with Crippen LogP contribution in [0.15, 0.2) is 22.7 Å². The maximum Gasteiger partial charge on any atom is 0.168 e. The van der Waals surface area contributed by atoms with E-state index in [4.69, 9.17) is 0 Å². The molecule has 2 aromatic rings. The van der Waals surface area contributed by atoms with E-state index in [1.54, 1.807) is 18.3 Å². The van der Waals surface area contributed by atoms with Crippen molar-refractivity contribution in [2.75, 3.05) is 0 Å². The standard InChI is InChI=1S/C6H4N2O2/c9-6-8-5-4(10-6)2-1-3-7-5/h1-3H,(H,7,8,9)/p-1. The van der Waals surface area contributed by atoms with Crippen LogP contribution < -0.4 is 5.11 Å². The number of rotatable bonds is 0. The van der Waals surface area contributed by atoms with Crippen LogP contribution in [-0.4, -0.2) is 9.97 Å². The zero-order valence-electron chi connectivity index (χ0n) is 4.94. The largest absolute Gasteiger partial charge is 0.562 e. The van der Waals surface area contributed by atoms with Gasteiger partial charge in [-0.25, -0.2) is 9.97 Å². The molecule has 50 valence electrons. The molecule has 10 heavy (non-hydrogen) atoms. The van der Waals surface area contributed by atoms with Gasteiger partial charge in [-0.15, -0.1) is 0 Å². The lowest BCUT2D eigenvalue weighted by Crippen LogP contribution is -1.86. The third-order valence-corrected chi connectivity index (χ3v) is 1.15. The summed E-state index contributed by atoms with van der Waals surface area (Å²) in [5, 5.41) is 10.5. The second-order valence-corrected chi connectivity index (χ2v) is 1.80. The Labute approximate surface area is 56.1 Å². The van der Waals surface area contributed by atoms with Gasteiger partial charge in [0.15, 0.2) is 11.7 Å². The molecule has 0 aliphatic rings. The van der Waals surface area contributed by atoms with Crippen LogP contribution in [0.25, 0.3) is 11.2 Å². The fraction of sp³-hybridized carbons (Fsp3) is 0. The molecule has 2 aromatic heterocycles. The lowest BCUT2D eigenvalue weighted by atomic mass is 10.5. The van der Waals surface area contributed by atoms with E-state index in [1.165, 1.54) is 0 Å². The summed E-state index contributed by atoms with van der Waals surface area (Å²) in [6, 6.07) is 3.34. The first-order valence-corrected chi connectivity index (χ1v) is 2.75. The highest BCUT2D eigenvalue weighted by Gasteiger charge is 1.92. The number of hydrogen-bond donors (Lipinski definition) is 0. The second-order valence-electron chi connectivity index (χ2n) is 1.80. The molecule has 0 atom stereocenters. The number of nitrogens with zero attached hydrogens (tertiary/aromatic N) is 2. The van der Waals surface area contributed by atoms with Crippen molar-refractivity contribution in [3.05, 3.63) is 18.3 Å². The Bertz CT molecular complexity index is 322. The van der Waals surface area contributed by atoms with Crippen molar-refractivity contribution in [2.45, 2.75) is 0 Å². The monoisotopic (exact) mass is 135 g/mol. The van der Waals surface area contributed by atoms with Crippen molar-refractivity contribution in [2.24, 2.45) is 0 Å². The van der Waals surface area contributed by atoms with Gasteiger partial charge in [-0.3, -0.25) is 0 Å². The molecule has 4 nitrogen and oxygen atoms in total. The van der Waals surface area contributed by atoms with Crippen molar-refractivity contribution in [1.29, 1.82) is 0 Å². The molecule has 0 fully saturated rings. The van der Waals surface area contributed by atoms with E-state index < -0.39 is 6.08 Å². The number of fused-ring (bicyclic) bond motifs is 1. The molecule has 0 unspecified atom stereocenters. The van der Waals surface area contributed by atoms with Gasteiger partial charge in [0.25, 0.3) is 0 Å². The second kappa shape index (κ2) is 1.70. The first-order chi connectivity index (χ1) is 4.86. The van der Waals surface area contributed by atoms with Crippen LogP contribution in [0.2, 0.25) is 0 Å². The molecule has 0 aliphatic heterocycles. The Balaban J connectivity index is 2.88. The number of aromatic nitrogens is 2. The van der Waals surface area contributed by atoms with Gasteiger partial charge in [0, 0.05) is 6.20 Å². The topological polar surface area (TPSA) is 62.0 Å². The summed E-state index contributed by atoms with van der Waals surface area (Å²) in [4.78, 5) is 7.28. The van der Waals surface area contributed by atoms with Crippen LogP contribution in [0, 0.1) is 0 Å². The predicted octanol–water partition coefficient (Wildman–Crippen LogP) is 0.296. The van der Waals surface area contributed by atoms with E-state index in [0.717, 1.165) is 0 Å². The quantitative estimate of drug-likeness (QED) is 0.521. The van der Waals surface area contributed by atoms with Crippen LogP contribution in [0.3, 0.4) is 0 Å².